The molecule has 2 saturated carbocycles. The third-order valence-corrected chi connectivity index (χ3v) is 11.7. The molecule has 4 heteroatoms. The third-order valence-electron chi connectivity index (χ3n) is 11.7. The highest BCUT2D eigenvalue weighted by Crippen LogP contribution is 2.63. The van der Waals surface area contributed by atoms with Crippen molar-refractivity contribution in [2.45, 2.75) is 109 Å². The summed E-state index contributed by atoms with van der Waals surface area (Å²) in [6.07, 6.45) is 13.0. The number of nitrogens with zero attached hydrogens (tertiary/aromatic N) is 1. The SMILES string of the molecule is CC1=C2C[C@H]3C(CC=C4C[C@@H](O)CC[C@@]43C)[C@@H]2CCC2(C1)O[C@@H]1C[C@H](C)CN(CCO)[C@H]1[C@H]2C. The van der Waals surface area contributed by atoms with E-state index in [-0.39, 0.29) is 18.3 Å². The van der Waals surface area contributed by atoms with Crippen LogP contribution in [-0.4, -0.2) is 58.7 Å². The number of β-amino-alcohol motifs (C(OH)–C–C–N with tert-alkyl or cyclic N) is 1. The van der Waals surface area contributed by atoms with Gasteiger partial charge in [-0.15, -0.1) is 0 Å². The number of aliphatic hydroxyl groups is 2. The summed E-state index contributed by atoms with van der Waals surface area (Å²) in [6, 6.07) is 0.458. The number of fused-ring (bicyclic) bond motifs is 6. The van der Waals surface area contributed by atoms with Crippen LogP contribution in [0.15, 0.2) is 22.8 Å². The minimum Gasteiger partial charge on any atom is -0.395 e. The number of rotatable bonds is 2. The van der Waals surface area contributed by atoms with Crippen molar-refractivity contribution in [3.63, 3.8) is 0 Å². The Bertz CT molecular complexity index is 880. The van der Waals surface area contributed by atoms with Crippen molar-refractivity contribution in [3.8, 4) is 0 Å². The van der Waals surface area contributed by atoms with Crippen LogP contribution < -0.4 is 0 Å². The maximum atomic E-state index is 10.3. The Labute approximate surface area is 206 Å². The Kier molecular flexibility index (Phi) is 5.88. The Morgan fingerprint density at radius 3 is 2.79 bits per heavy atom. The van der Waals surface area contributed by atoms with E-state index in [2.05, 4.69) is 38.7 Å². The molecule has 0 aromatic heterocycles. The molecule has 0 radical (unpaired) electrons. The molecule has 4 aliphatic carbocycles. The highest BCUT2D eigenvalue weighted by atomic mass is 16.5. The van der Waals surface area contributed by atoms with Gasteiger partial charge in [0.15, 0.2) is 0 Å². The summed E-state index contributed by atoms with van der Waals surface area (Å²) >= 11 is 0. The second-order valence-corrected chi connectivity index (χ2v) is 13.4. The zero-order valence-electron chi connectivity index (χ0n) is 21.9. The van der Waals surface area contributed by atoms with Crippen molar-refractivity contribution >= 4 is 0 Å². The van der Waals surface area contributed by atoms with E-state index in [1.807, 2.05) is 0 Å². The molecule has 2 unspecified atom stereocenters. The molecular formula is C30H47NO3. The Hall–Kier alpha value is -0.680. The highest BCUT2D eigenvalue weighted by molar-refractivity contribution is 5.34. The third kappa shape index (κ3) is 3.45. The summed E-state index contributed by atoms with van der Waals surface area (Å²) < 4.78 is 7.13. The lowest BCUT2D eigenvalue weighted by Gasteiger charge is -2.49. The predicted octanol–water partition coefficient (Wildman–Crippen LogP) is 5.10. The van der Waals surface area contributed by atoms with Gasteiger partial charge in [0.1, 0.15) is 0 Å². The molecule has 1 spiro atoms. The van der Waals surface area contributed by atoms with Crippen LogP contribution >= 0.6 is 0 Å². The molecule has 0 aromatic rings. The zero-order valence-corrected chi connectivity index (χ0v) is 21.9. The van der Waals surface area contributed by atoms with Gasteiger partial charge in [-0.2, -0.15) is 0 Å². The van der Waals surface area contributed by atoms with E-state index < -0.39 is 0 Å². The van der Waals surface area contributed by atoms with Gasteiger partial charge in [-0.1, -0.05) is 43.6 Å². The van der Waals surface area contributed by atoms with Crippen molar-refractivity contribution in [1.29, 1.82) is 0 Å². The summed E-state index contributed by atoms with van der Waals surface area (Å²) in [5, 5.41) is 20.0. The zero-order chi connectivity index (χ0) is 23.8. The van der Waals surface area contributed by atoms with Crippen LogP contribution in [0.2, 0.25) is 0 Å². The van der Waals surface area contributed by atoms with Crippen molar-refractivity contribution in [3.05, 3.63) is 22.8 Å². The van der Waals surface area contributed by atoms with Gasteiger partial charge in [-0.25, -0.2) is 0 Å². The molecule has 6 rings (SSSR count). The fourth-order valence-corrected chi connectivity index (χ4v) is 9.97. The normalized spacial score (nSPS) is 50.9. The van der Waals surface area contributed by atoms with Crippen LogP contribution in [0.1, 0.15) is 85.5 Å². The van der Waals surface area contributed by atoms with Crippen LogP contribution in [0.25, 0.3) is 0 Å². The predicted molar refractivity (Wildman–Crippen MR) is 135 cm³/mol. The van der Waals surface area contributed by atoms with Gasteiger partial charge in [0.2, 0.25) is 0 Å². The number of hydrogen-bond donors (Lipinski definition) is 2. The van der Waals surface area contributed by atoms with Crippen LogP contribution in [0.4, 0.5) is 0 Å². The van der Waals surface area contributed by atoms with Crippen LogP contribution in [0.5, 0.6) is 0 Å². The molecule has 4 fully saturated rings. The van der Waals surface area contributed by atoms with Gasteiger partial charge >= 0.3 is 0 Å². The smallest absolute Gasteiger partial charge is 0.0765 e. The van der Waals surface area contributed by atoms with Gasteiger partial charge < -0.3 is 14.9 Å². The van der Waals surface area contributed by atoms with Gasteiger partial charge in [0, 0.05) is 25.0 Å². The number of hydrogen-bond acceptors (Lipinski definition) is 4. The van der Waals surface area contributed by atoms with E-state index in [9.17, 15) is 10.2 Å². The molecule has 0 amide bonds. The first kappa shape index (κ1) is 23.7. The summed E-state index contributed by atoms with van der Waals surface area (Å²) in [7, 11) is 0. The lowest BCUT2D eigenvalue weighted by Crippen LogP contribution is -2.52. The lowest BCUT2D eigenvalue weighted by atomic mass is 9.56. The molecule has 0 aromatic carbocycles. The van der Waals surface area contributed by atoms with E-state index in [0.717, 1.165) is 56.5 Å². The van der Waals surface area contributed by atoms with Crippen LogP contribution in [0, 0.1) is 35.0 Å². The topological polar surface area (TPSA) is 52.9 Å². The number of piperidine rings is 1. The summed E-state index contributed by atoms with van der Waals surface area (Å²) in [6.45, 7) is 11.9. The average molecular weight is 470 g/mol. The Morgan fingerprint density at radius 2 is 2.00 bits per heavy atom. The van der Waals surface area contributed by atoms with Crippen molar-refractivity contribution in [1.82, 2.24) is 4.90 Å². The van der Waals surface area contributed by atoms with Gasteiger partial charge in [0.25, 0.3) is 0 Å². The summed E-state index contributed by atoms with van der Waals surface area (Å²) in [5.41, 5.74) is 5.24. The number of likely N-dealkylation sites (tertiary alicyclic amines) is 1. The van der Waals surface area contributed by atoms with Crippen molar-refractivity contribution in [2.24, 2.45) is 35.0 Å². The van der Waals surface area contributed by atoms with Gasteiger partial charge in [0.05, 0.1) is 24.4 Å². The molecule has 190 valence electrons. The van der Waals surface area contributed by atoms with Crippen molar-refractivity contribution in [2.75, 3.05) is 19.7 Å². The number of aliphatic hydroxyl groups excluding tert-OH is 2. The quantitative estimate of drug-likeness (QED) is 0.553. The second-order valence-electron chi connectivity index (χ2n) is 13.4. The molecular weight excluding hydrogens is 422 g/mol. The van der Waals surface area contributed by atoms with E-state index in [4.69, 9.17) is 4.74 Å². The average Bonchev–Trinajstić information content (AvgIpc) is 3.25. The molecule has 10 atom stereocenters. The second kappa shape index (κ2) is 8.43. The molecule has 2 N–H and O–H groups in total. The van der Waals surface area contributed by atoms with Crippen LogP contribution in [0.3, 0.4) is 0 Å². The first-order chi connectivity index (χ1) is 16.3. The van der Waals surface area contributed by atoms with E-state index in [1.165, 1.54) is 32.1 Å². The maximum absolute atomic E-state index is 10.3. The fraction of sp³-hybridized carbons (Fsp3) is 0.867. The first-order valence-corrected chi connectivity index (χ1v) is 14.3. The van der Waals surface area contributed by atoms with Crippen LogP contribution in [-0.2, 0) is 4.74 Å². The highest BCUT2D eigenvalue weighted by Gasteiger charge is 2.59. The lowest BCUT2D eigenvalue weighted by molar-refractivity contribution is -0.0798. The van der Waals surface area contributed by atoms with E-state index in [0.29, 0.717) is 29.4 Å². The molecule has 2 heterocycles. The molecule has 2 aliphatic heterocycles. The first-order valence-electron chi connectivity index (χ1n) is 14.3. The Morgan fingerprint density at radius 1 is 1.18 bits per heavy atom. The standard InChI is InChI=1S/C30H47NO3/c1-18-13-27-28(31(17-18)11-12-32)20(3)30(34-27)10-8-23-24-6-5-21-14-22(33)7-9-29(21,4)26(24)15-25(23)19(2)16-30/h5,18,20,22-24,26-28,32-33H,6-17H2,1-4H3/t18-,20+,22-,23-,24?,26-,27+,28-,29-,30?/m0/s1. The fourth-order valence-electron chi connectivity index (χ4n) is 9.97. The maximum Gasteiger partial charge on any atom is 0.0765 e. The van der Waals surface area contributed by atoms with E-state index in [1.54, 1.807) is 16.7 Å². The van der Waals surface area contributed by atoms with E-state index >= 15 is 0 Å². The number of allylic oxidation sites excluding steroid dienone is 2. The summed E-state index contributed by atoms with van der Waals surface area (Å²) in [4.78, 5) is 2.55. The summed E-state index contributed by atoms with van der Waals surface area (Å²) in [5.74, 6) is 3.40. The molecule has 34 heavy (non-hydrogen) atoms. The molecule has 2 saturated heterocycles. The minimum atomic E-state index is -0.124. The van der Waals surface area contributed by atoms with Gasteiger partial charge in [-0.05, 0) is 93.8 Å². The van der Waals surface area contributed by atoms with Crippen molar-refractivity contribution < 1.29 is 14.9 Å². The monoisotopic (exact) mass is 469 g/mol. The minimum absolute atomic E-state index is 0.0292. The van der Waals surface area contributed by atoms with Gasteiger partial charge in [-0.3, -0.25) is 4.90 Å². The molecule has 0 bridgehead atoms. The number of ether oxygens (including phenoxy) is 1. The Balaban J connectivity index is 1.27. The largest absolute Gasteiger partial charge is 0.395 e. The molecule has 4 nitrogen and oxygen atoms in total. The molecule has 6 aliphatic rings.